The van der Waals surface area contributed by atoms with Crippen LogP contribution >= 0.6 is 0 Å². The summed E-state index contributed by atoms with van der Waals surface area (Å²) < 4.78 is 0. The zero-order valence-corrected chi connectivity index (χ0v) is 12.0. The zero-order valence-electron chi connectivity index (χ0n) is 12.0. The third-order valence-corrected chi connectivity index (χ3v) is 2.27. The molecule has 0 aliphatic rings. The van der Waals surface area contributed by atoms with E-state index in [0.29, 0.717) is 0 Å². The van der Waals surface area contributed by atoms with E-state index in [1.807, 2.05) is 19.9 Å². The average molecular weight is 223 g/mol. The molecular formula is C15H29N. The first-order valence-corrected chi connectivity index (χ1v) is 6.29. The maximum Gasteiger partial charge on any atom is 0.0230 e. The van der Waals surface area contributed by atoms with Gasteiger partial charge in [-0.1, -0.05) is 45.6 Å². The van der Waals surface area contributed by atoms with E-state index in [1.54, 1.807) is 0 Å². The molecule has 1 heteroatoms. The molecule has 0 aliphatic heterocycles. The maximum atomic E-state index is 3.72. The summed E-state index contributed by atoms with van der Waals surface area (Å²) in [6, 6.07) is 0. The fraction of sp³-hybridized carbons (Fsp3) is 0.600. The van der Waals surface area contributed by atoms with Crippen LogP contribution < -0.4 is 0 Å². The van der Waals surface area contributed by atoms with Crippen molar-refractivity contribution in [3.63, 3.8) is 0 Å². The Hall–Kier alpha value is -0.820. The second-order valence-electron chi connectivity index (χ2n) is 3.64. The molecule has 0 unspecified atom stereocenters. The van der Waals surface area contributed by atoms with Crippen molar-refractivity contribution in [2.45, 2.75) is 41.0 Å². The molecule has 0 radical (unpaired) electrons. The molecule has 0 bridgehead atoms. The van der Waals surface area contributed by atoms with Gasteiger partial charge in [-0.05, 0) is 45.0 Å². The van der Waals surface area contributed by atoms with E-state index in [4.69, 9.17) is 0 Å². The first-order chi connectivity index (χ1) is 7.65. The minimum absolute atomic E-state index is 1.03. The first-order valence-electron chi connectivity index (χ1n) is 6.29. The van der Waals surface area contributed by atoms with E-state index in [0.717, 1.165) is 13.1 Å². The highest BCUT2D eigenvalue weighted by Gasteiger charge is 2.02. The molecule has 94 valence electrons. The van der Waals surface area contributed by atoms with Crippen LogP contribution in [-0.2, 0) is 0 Å². The summed E-state index contributed by atoms with van der Waals surface area (Å²) in [4.78, 5) is 2.34. The van der Waals surface area contributed by atoms with Crippen molar-refractivity contribution in [2.24, 2.45) is 0 Å². The summed E-state index contributed by atoms with van der Waals surface area (Å²) >= 11 is 0. The summed E-state index contributed by atoms with van der Waals surface area (Å²) in [5.74, 6) is 0. The van der Waals surface area contributed by atoms with Crippen molar-refractivity contribution in [2.75, 3.05) is 20.1 Å². The first kappa shape index (κ1) is 17.6. The largest absolute Gasteiger partial charge is 0.302 e. The van der Waals surface area contributed by atoms with Crippen LogP contribution in [0.3, 0.4) is 0 Å². The van der Waals surface area contributed by atoms with Gasteiger partial charge in [-0.25, -0.2) is 0 Å². The van der Waals surface area contributed by atoms with Gasteiger partial charge in [-0.2, -0.15) is 0 Å². The van der Waals surface area contributed by atoms with Crippen molar-refractivity contribution < 1.29 is 0 Å². The average Bonchev–Trinajstić information content (AvgIpc) is 2.29. The van der Waals surface area contributed by atoms with Gasteiger partial charge in [0.2, 0.25) is 0 Å². The third kappa shape index (κ3) is 8.49. The second kappa shape index (κ2) is 12.3. The van der Waals surface area contributed by atoms with Gasteiger partial charge in [0, 0.05) is 6.54 Å². The lowest BCUT2D eigenvalue weighted by Crippen LogP contribution is -2.22. The normalized spacial score (nSPS) is 12.2. The number of nitrogens with zero attached hydrogens (tertiary/aromatic N) is 1. The van der Waals surface area contributed by atoms with E-state index in [9.17, 15) is 0 Å². The van der Waals surface area contributed by atoms with E-state index >= 15 is 0 Å². The van der Waals surface area contributed by atoms with Gasteiger partial charge in [0.1, 0.15) is 0 Å². The van der Waals surface area contributed by atoms with Crippen LogP contribution in [0.15, 0.2) is 36.0 Å². The van der Waals surface area contributed by atoms with Gasteiger partial charge in [0.15, 0.2) is 0 Å². The molecule has 0 amide bonds. The number of hydrogen-bond acceptors (Lipinski definition) is 1. The molecular weight excluding hydrogens is 194 g/mol. The van der Waals surface area contributed by atoms with Crippen molar-refractivity contribution >= 4 is 0 Å². The van der Waals surface area contributed by atoms with Gasteiger partial charge in [-0.15, -0.1) is 0 Å². The lowest BCUT2D eigenvalue weighted by atomic mass is 10.1. The minimum atomic E-state index is 1.03. The highest BCUT2D eigenvalue weighted by Crippen LogP contribution is 2.10. The van der Waals surface area contributed by atoms with Gasteiger partial charge in [0.25, 0.3) is 0 Å². The van der Waals surface area contributed by atoms with Crippen LogP contribution in [-0.4, -0.2) is 25.0 Å². The second-order valence-corrected chi connectivity index (χ2v) is 3.64. The van der Waals surface area contributed by atoms with Crippen molar-refractivity contribution in [3.05, 3.63) is 36.0 Å². The number of hydrogen-bond donors (Lipinski definition) is 0. The summed E-state index contributed by atoms with van der Waals surface area (Å²) in [5, 5.41) is 0. The number of rotatable bonds is 6. The van der Waals surface area contributed by atoms with Crippen LogP contribution in [0, 0.1) is 0 Å². The monoisotopic (exact) mass is 223 g/mol. The summed E-state index contributed by atoms with van der Waals surface area (Å²) in [5.41, 5.74) is 2.70. The van der Waals surface area contributed by atoms with Gasteiger partial charge < -0.3 is 4.90 Å². The molecule has 0 saturated carbocycles. The smallest absolute Gasteiger partial charge is 0.0230 e. The van der Waals surface area contributed by atoms with Crippen molar-refractivity contribution in [3.8, 4) is 0 Å². The maximum absolute atomic E-state index is 3.72. The molecule has 0 aliphatic carbocycles. The van der Waals surface area contributed by atoms with Crippen molar-refractivity contribution in [1.29, 1.82) is 0 Å². The van der Waals surface area contributed by atoms with Gasteiger partial charge in [0.05, 0.1) is 0 Å². The molecule has 0 rings (SSSR count). The quantitative estimate of drug-likeness (QED) is 0.602. The molecule has 0 aromatic carbocycles. The van der Waals surface area contributed by atoms with Crippen molar-refractivity contribution in [1.82, 2.24) is 4.90 Å². The molecule has 0 heterocycles. The molecule has 0 N–H and O–H groups in total. The SMILES string of the molecule is C=C/C=C(C)\C(=C/C)CN(C)CCC.CC. The van der Waals surface area contributed by atoms with E-state index in [2.05, 4.69) is 51.4 Å². The summed E-state index contributed by atoms with van der Waals surface area (Å²) in [6.45, 7) is 16.3. The summed E-state index contributed by atoms with van der Waals surface area (Å²) in [7, 11) is 2.16. The minimum Gasteiger partial charge on any atom is -0.302 e. The third-order valence-electron chi connectivity index (χ3n) is 2.27. The number of allylic oxidation sites excluding steroid dienone is 3. The van der Waals surface area contributed by atoms with Crippen LogP contribution in [0.25, 0.3) is 0 Å². The Morgan fingerprint density at radius 1 is 1.31 bits per heavy atom. The highest BCUT2D eigenvalue weighted by molar-refractivity contribution is 5.32. The fourth-order valence-corrected chi connectivity index (χ4v) is 1.48. The van der Waals surface area contributed by atoms with Crippen LogP contribution in [0.1, 0.15) is 41.0 Å². The van der Waals surface area contributed by atoms with Crippen LogP contribution in [0.5, 0.6) is 0 Å². The molecule has 16 heavy (non-hydrogen) atoms. The standard InChI is InChI=1S/C13H23N.C2H6/c1-6-9-12(4)13(8-3)11-14(5)10-7-2;1-2/h6,8-9H,1,7,10-11H2,2-5H3;1-2H3/b12-9-,13-8-;. The van der Waals surface area contributed by atoms with Gasteiger partial charge in [-0.3, -0.25) is 0 Å². The molecule has 0 atom stereocenters. The Balaban J connectivity index is 0. The molecule has 0 spiro atoms. The topological polar surface area (TPSA) is 3.24 Å². The Morgan fingerprint density at radius 2 is 1.88 bits per heavy atom. The van der Waals surface area contributed by atoms with Crippen LogP contribution in [0.4, 0.5) is 0 Å². The zero-order chi connectivity index (χ0) is 13.0. The molecule has 1 nitrogen and oxygen atoms in total. The highest BCUT2D eigenvalue weighted by atomic mass is 15.1. The van der Waals surface area contributed by atoms with E-state index in [-0.39, 0.29) is 0 Å². The Kier molecular flexibility index (Phi) is 13.5. The number of likely N-dealkylation sites (N-methyl/N-ethyl adjacent to an activating group) is 1. The predicted molar refractivity (Wildman–Crippen MR) is 76.8 cm³/mol. The Morgan fingerprint density at radius 3 is 2.25 bits per heavy atom. The lowest BCUT2D eigenvalue weighted by molar-refractivity contribution is 0.364. The lowest BCUT2D eigenvalue weighted by Gasteiger charge is -2.18. The molecule has 0 saturated heterocycles. The summed E-state index contributed by atoms with van der Waals surface area (Å²) in [6.07, 6.45) is 7.30. The predicted octanol–water partition coefficient (Wildman–Crippen LogP) is 4.43. The Labute approximate surface area is 103 Å². The fourth-order valence-electron chi connectivity index (χ4n) is 1.48. The Bertz CT molecular complexity index is 224. The van der Waals surface area contributed by atoms with Gasteiger partial charge >= 0.3 is 0 Å². The molecule has 0 fully saturated rings. The van der Waals surface area contributed by atoms with E-state index in [1.165, 1.54) is 17.6 Å². The molecule has 0 aromatic heterocycles. The molecule has 0 aromatic rings. The van der Waals surface area contributed by atoms with E-state index < -0.39 is 0 Å². The van der Waals surface area contributed by atoms with Crippen LogP contribution in [0.2, 0.25) is 0 Å².